The van der Waals surface area contributed by atoms with Crippen molar-refractivity contribution < 1.29 is 14.3 Å². The molecule has 0 radical (unpaired) electrons. The molecule has 1 N–H and O–H groups in total. The second-order valence-corrected chi connectivity index (χ2v) is 4.92. The van der Waals surface area contributed by atoms with E-state index in [2.05, 4.69) is 5.32 Å². The summed E-state index contributed by atoms with van der Waals surface area (Å²) in [5, 5.41) is 3.30. The Labute approximate surface area is 109 Å². The Kier molecular flexibility index (Phi) is 5.90. The lowest BCUT2D eigenvalue weighted by atomic mass is 10.1. The van der Waals surface area contributed by atoms with Gasteiger partial charge in [-0.15, -0.1) is 0 Å². The molecule has 0 aromatic heterocycles. The van der Waals surface area contributed by atoms with Crippen LogP contribution in [0.1, 0.15) is 25.7 Å². The van der Waals surface area contributed by atoms with Gasteiger partial charge in [0, 0.05) is 19.7 Å². The third-order valence-corrected chi connectivity index (χ3v) is 3.53. The molecule has 0 saturated carbocycles. The summed E-state index contributed by atoms with van der Waals surface area (Å²) in [4.78, 5) is 13.9. The molecule has 2 fully saturated rings. The highest BCUT2D eigenvalue weighted by Crippen LogP contribution is 2.08. The largest absolute Gasteiger partial charge is 0.380 e. The summed E-state index contributed by atoms with van der Waals surface area (Å²) < 4.78 is 11.1. The van der Waals surface area contributed by atoms with E-state index in [1.165, 1.54) is 0 Å². The van der Waals surface area contributed by atoms with Crippen molar-refractivity contribution in [2.75, 3.05) is 46.0 Å². The Morgan fingerprint density at radius 1 is 1.28 bits per heavy atom. The van der Waals surface area contributed by atoms with E-state index in [0.717, 1.165) is 52.0 Å². The van der Waals surface area contributed by atoms with Gasteiger partial charge >= 0.3 is 0 Å². The van der Waals surface area contributed by atoms with Crippen LogP contribution in [-0.2, 0) is 14.3 Å². The Hall–Kier alpha value is -0.650. The zero-order valence-corrected chi connectivity index (χ0v) is 11.0. The number of amides is 1. The summed E-state index contributed by atoms with van der Waals surface area (Å²) >= 11 is 0. The monoisotopic (exact) mass is 256 g/mol. The highest BCUT2D eigenvalue weighted by Gasteiger charge is 2.17. The number of hydrogen-bond acceptors (Lipinski definition) is 4. The summed E-state index contributed by atoms with van der Waals surface area (Å²) in [6.45, 7) is 5.61. The summed E-state index contributed by atoms with van der Waals surface area (Å²) in [5.74, 6) is 0.203. The van der Waals surface area contributed by atoms with Crippen molar-refractivity contribution in [2.24, 2.45) is 0 Å². The van der Waals surface area contributed by atoms with Crippen LogP contribution < -0.4 is 5.32 Å². The Morgan fingerprint density at radius 2 is 2.11 bits per heavy atom. The SMILES string of the molecule is O=C(CCOC1CCNCC1)N1CCCOCC1. The number of ether oxygens (including phenoxy) is 2. The minimum Gasteiger partial charge on any atom is -0.380 e. The summed E-state index contributed by atoms with van der Waals surface area (Å²) in [5.41, 5.74) is 0. The maximum atomic E-state index is 12.0. The van der Waals surface area contributed by atoms with Gasteiger partial charge < -0.3 is 19.7 Å². The fourth-order valence-electron chi connectivity index (χ4n) is 2.43. The predicted molar refractivity (Wildman–Crippen MR) is 68.5 cm³/mol. The van der Waals surface area contributed by atoms with Crippen molar-refractivity contribution in [3.8, 4) is 0 Å². The van der Waals surface area contributed by atoms with Crippen LogP contribution in [0.2, 0.25) is 0 Å². The summed E-state index contributed by atoms with van der Waals surface area (Å²) in [6.07, 6.45) is 3.91. The van der Waals surface area contributed by atoms with E-state index in [4.69, 9.17) is 9.47 Å². The van der Waals surface area contributed by atoms with Crippen LogP contribution in [0.25, 0.3) is 0 Å². The molecule has 18 heavy (non-hydrogen) atoms. The molecule has 0 aromatic carbocycles. The Balaban J connectivity index is 1.61. The van der Waals surface area contributed by atoms with Gasteiger partial charge in [0.15, 0.2) is 0 Å². The van der Waals surface area contributed by atoms with Crippen LogP contribution in [0.4, 0.5) is 0 Å². The fraction of sp³-hybridized carbons (Fsp3) is 0.923. The van der Waals surface area contributed by atoms with E-state index in [0.29, 0.717) is 25.7 Å². The first kappa shape index (κ1) is 13.8. The lowest BCUT2D eigenvalue weighted by molar-refractivity contribution is -0.133. The lowest BCUT2D eigenvalue weighted by Gasteiger charge is -2.24. The average molecular weight is 256 g/mol. The fourth-order valence-corrected chi connectivity index (χ4v) is 2.43. The van der Waals surface area contributed by atoms with E-state index in [1.54, 1.807) is 0 Å². The molecule has 0 spiro atoms. The van der Waals surface area contributed by atoms with Crippen molar-refractivity contribution >= 4 is 5.91 Å². The van der Waals surface area contributed by atoms with Crippen LogP contribution in [0.15, 0.2) is 0 Å². The van der Waals surface area contributed by atoms with Crippen LogP contribution in [-0.4, -0.2) is 62.9 Å². The zero-order valence-electron chi connectivity index (χ0n) is 11.0. The van der Waals surface area contributed by atoms with Gasteiger partial charge in [-0.3, -0.25) is 4.79 Å². The number of rotatable bonds is 4. The van der Waals surface area contributed by atoms with Gasteiger partial charge in [0.2, 0.25) is 5.91 Å². The van der Waals surface area contributed by atoms with E-state index >= 15 is 0 Å². The molecule has 1 amide bonds. The molecule has 0 aromatic rings. The molecule has 5 heteroatoms. The van der Waals surface area contributed by atoms with Gasteiger partial charge in [-0.25, -0.2) is 0 Å². The van der Waals surface area contributed by atoms with Crippen LogP contribution in [0, 0.1) is 0 Å². The van der Waals surface area contributed by atoms with E-state index < -0.39 is 0 Å². The maximum Gasteiger partial charge on any atom is 0.224 e. The minimum absolute atomic E-state index is 0.203. The normalized spacial score (nSPS) is 22.8. The van der Waals surface area contributed by atoms with Crippen molar-refractivity contribution in [1.82, 2.24) is 10.2 Å². The van der Waals surface area contributed by atoms with Crippen LogP contribution in [0.3, 0.4) is 0 Å². The third kappa shape index (κ3) is 4.55. The Bertz CT molecular complexity index is 247. The molecule has 2 heterocycles. The molecule has 0 unspecified atom stereocenters. The van der Waals surface area contributed by atoms with Gasteiger partial charge in [0.05, 0.1) is 25.7 Å². The zero-order chi connectivity index (χ0) is 12.6. The maximum absolute atomic E-state index is 12.0. The molecule has 2 saturated heterocycles. The van der Waals surface area contributed by atoms with E-state index in [-0.39, 0.29) is 5.91 Å². The van der Waals surface area contributed by atoms with Crippen molar-refractivity contribution in [3.63, 3.8) is 0 Å². The van der Waals surface area contributed by atoms with Crippen molar-refractivity contribution in [3.05, 3.63) is 0 Å². The molecule has 5 nitrogen and oxygen atoms in total. The van der Waals surface area contributed by atoms with Gasteiger partial charge in [-0.1, -0.05) is 0 Å². The molecular formula is C13H24N2O3. The lowest BCUT2D eigenvalue weighted by Crippen LogP contribution is -2.35. The van der Waals surface area contributed by atoms with Gasteiger partial charge in [0.25, 0.3) is 0 Å². The molecule has 2 aliphatic heterocycles. The van der Waals surface area contributed by atoms with Crippen molar-refractivity contribution in [2.45, 2.75) is 31.8 Å². The molecule has 0 atom stereocenters. The number of carbonyl (C=O) groups is 1. The highest BCUT2D eigenvalue weighted by molar-refractivity contribution is 5.76. The molecule has 2 rings (SSSR count). The third-order valence-electron chi connectivity index (χ3n) is 3.53. The second-order valence-electron chi connectivity index (χ2n) is 4.92. The first-order valence-electron chi connectivity index (χ1n) is 7.04. The molecule has 0 bridgehead atoms. The summed E-state index contributed by atoms with van der Waals surface area (Å²) in [7, 11) is 0. The highest BCUT2D eigenvalue weighted by atomic mass is 16.5. The van der Waals surface area contributed by atoms with Gasteiger partial charge in [-0.05, 0) is 32.4 Å². The van der Waals surface area contributed by atoms with E-state index in [1.807, 2.05) is 4.90 Å². The number of nitrogens with one attached hydrogen (secondary N) is 1. The topological polar surface area (TPSA) is 50.8 Å². The average Bonchev–Trinajstić information content (AvgIpc) is 2.69. The molecular weight excluding hydrogens is 232 g/mol. The van der Waals surface area contributed by atoms with Crippen LogP contribution in [0.5, 0.6) is 0 Å². The number of carbonyl (C=O) groups excluding carboxylic acids is 1. The van der Waals surface area contributed by atoms with E-state index in [9.17, 15) is 4.79 Å². The van der Waals surface area contributed by atoms with Crippen LogP contribution >= 0.6 is 0 Å². The molecule has 0 aliphatic carbocycles. The second kappa shape index (κ2) is 7.71. The predicted octanol–water partition coefficient (Wildman–Crippen LogP) is 0.394. The minimum atomic E-state index is 0.203. The number of piperidine rings is 1. The smallest absolute Gasteiger partial charge is 0.224 e. The standard InChI is InChI=1S/C13H24N2O3/c16-13(15-7-1-9-17-11-8-15)4-10-18-12-2-5-14-6-3-12/h12,14H,1-11H2. The quantitative estimate of drug-likeness (QED) is 0.791. The summed E-state index contributed by atoms with van der Waals surface area (Å²) in [6, 6.07) is 0. The van der Waals surface area contributed by atoms with Gasteiger partial charge in [0.1, 0.15) is 0 Å². The first-order valence-corrected chi connectivity index (χ1v) is 7.04. The number of hydrogen-bond donors (Lipinski definition) is 1. The van der Waals surface area contributed by atoms with Gasteiger partial charge in [-0.2, -0.15) is 0 Å². The Morgan fingerprint density at radius 3 is 2.94 bits per heavy atom. The first-order chi connectivity index (χ1) is 8.86. The van der Waals surface area contributed by atoms with Crippen molar-refractivity contribution in [1.29, 1.82) is 0 Å². The number of nitrogens with zero attached hydrogens (tertiary/aromatic N) is 1. The molecule has 2 aliphatic rings. The molecule has 104 valence electrons.